The third-order valence-corrected chi connectivity index (χ3v) is 2.63. The van der Waals surface area contributed by atoms with Crippen molar-refractivity contribution in [1.82, 2.24) is 4.90 Å². The lowest BCUT2D eigenvalue weighted by Gasteiger charge is -2.13. The highest BCUT2D eigenvalue weighted by Crippen LogP contribution is 2.16. The highest BCUT2D eigenvalue weighted by atomic mass is 15.1. The van der Waals surface area contributed by atoms with E-state index in [9.17, 15) is 0 Å². The molecule has 0 amide bonds. The molecule has 1 aromatic carbocycles. The van der Waals surface area contributed by atoms with Crippen LogP contribution in [0, 0.1) is 0 Å². The number of hydrogen-bond donors (Lipinski definition) is 1. The molecule has 0 aromatic heterocycles. The molecule has 90 valence electrons. The Bertz CT molecular complexity index is 295. The molecule has 0 aliphatic heterocycles. The van der Waals surface area contributed by atoms with Crippen LogP contribution < -0.4 is 5.32 Å². The summed E-state index contributed by atoms with van der Waals surface area (Å²) in [6.45, 7) is 4.42. The van der Waals surface area contributed by atoms with E-state index < -0.39 is 0 Å². The Hall–Kier alpha value is -1.02. The minimum absolute atomic E-state index is 1.05. The lowest BCUT2D eigenvalue weighted by molar-refractivity contribution is 0.405. The third kappa shape index (κ3) is 4.67. The maximum absolute atomic E-state index is 3.53. The zero-order valence-corrected chi connectivity index (χ0v) is 10.8. The number of para-hydroxylation sites is 1. The van der Waals surface area contributed by atoms with Gasteiger partial charge in [0.05, 0.1) is 0 Å². The molecule has 0 aliphatic rings. The quantitative estimate of drug-likeness (QED) is 0.711. The SMILES string of the molecule is CCCc1ccccc1NCCCN(C)C. The van der Waals surface area contributed by atoms with Crippen molar-refractivity contribution < 1.29 is 0 Å². The van der Waals surface area contributed by atoms with Crippen LogP contribution in [0.25, 0.3) is 0 Å². The van der Waals surface area contributed by atoms with Crippen LogP contribution in [0.1, 0.15) is 25.3 Å². The van der Waals surface area contributed by atoms with E-state index in [4.69, 9.17) is 0 Å². The van der Waals surface area contributed by atoms with Crippen LogP contribution in [-0.2, 0) is 6.42 Å². The van der Waals surface area contributed by atoms with E-state index in [1.54, 1.807) is 0 Å². The molecule has 16 heavy (non-hydrogen) atoms. The van der Waals surface area contributed by atoms with Gasteiger partial charge in [0.25, 0.3) is 0 Å². The van der Waals surface area contributed by atoms with Crippen LogP contribution in [-0.4, -0.2) is 32.1 Å². The highest BCUT2D eigenvalue weighted by molar-refractivity contribution is 5.51. The predicted molar refractivity (Wildman–Crippen MR) is 72.1 cm³/mol. The molecular weight excluding hydrogens is 196 g/mol. The van der Waals surface area contributed by atoms with Crippen molar-refractivity contribution in [2.45, 2.75) is 26.2 Å². The fraction of sp³-hybridized carbons (Fsp3) is 0.571. The fourth-order valence-electron chi connectivity index (χ4n) is 1.80. The van der Waals surface area contributed by atoms with E-state index in [0.29, 0.717) is 0 Å². The molecule has 1 aromatic rings. The first-order valence-electron chi connectivity index (χ1n) is 6.20. The lowest BCUT2D eigenvalue weighted by atomic mass is 10.1. The van der Waals surface area contributed by atoms with Gasteiger partial charge in [-0.2, -0.15) is 0 Å². The van der Waals surface area contributed by atoms with Gasteiger partial charge in [0.1, 0.15) is 0 Å². The third-order valence-electron chi connectivity index (χ3n) is 2.63. The highest BCUT2D eigenvalue weighted by Gasteiger charge is 1.99. The smallest absolute Gasteiger partial charge is 0.0372 e. The van der Waals surface area contributed by atoms with E-state index in [1.807, 2.05) is 0 Å². The van der Waals surface area contributed by atoms with Crippen molar-refractivity contribution in [3.8, 4) is 0 Å². The van der Waals surface area contributed by atoms with Crippen LogP contribution >= 0.6 is 0 Å². The molecule has 0 atom stereocenters. The summed E-state index contributed by atoms with van der Waals surface area (Å²) in [6.07, 6.45) is 3.56. The molecule has 2 nitrogen and oxygen atoms in total. The molecule has 2 heteroatoms. The summed E-state index contributed by atoms with van der Waals surface area (Å²) >= 11 is 0. The second-order valence-electron chi connectivity index (χ2n) is 4.49. The van der Waals surface area contributed by atoms with Crippen molar-refractivity contribution >= 4 is 5.69 Å². The van der Waals surface area contributed by atoms with E-state index in [1.165, 1.54) is 24.1 Å². The van der Waals surface area contributed by atoms with Crippen molar-refractivity contribution in [3.05, 3.63) is 29.8 Å². The molecule has 1 N–H and O–H groups in total. The van der Waals surface area contributed by atoms with Crippen LogP contribution in [0.3, 0.4) is 0 Å². The van der Waals surface area contributed by atoms with Crippen LogP contribution in [0.4, 0.5) is 5.69 Å². The van der Waals surface area contributed by atoms with Crippen LogP contribution in [0.2, 0.25) is 0 Å². The minimum Gasteiger partial charge on any atom is -0.385 e. The van der Waals surface area contributed by atoms with E-state index in [0.717, 1.165) is 19.5 Å². The number of aryl methyl sites for hydroxylation is 1. The first-order chi connectivity index (χ1) is 7.74. The summed E-state index contributed by atoms with van der Waals surface area (Å²) in [5.74, 6) is 0. The van der Waals surface area contributed by atoms with E-state index in [2.05, 4.69) is 55.5 Å². The largest absolute Gasteiger partial charge is 0.385 e. The first kappa shape index (κ1) is 13.0. The Morgan fingerprint density at radius 1 is 1.19 bits per heavy atom. The monoisotopic (exact) mass is 220 g/mol. The average molecular weight is 220 g/mol. The molecule has 0 saturated heterocycles. The van der Waals surface area contributed by atoms with Gasteiger partial charge < -0.3 is 10.2 Å². The van der Waals surface area contributed by atoms with Gasteiger partial charge in [-0.1, -0.05) is 31.5 Å². The van der Waals surface area contributed by atoms with Crippen LogP contribution in [0.15, 0.2) is 24.3 Å². The van der Waals surface area contributed by atoms with E-state index >= 15 is 0 Å². The fourth-order valence-corrected chi connectivity index (χ4v) is 1.80. The van der Waals surface area contributed by atoms with Gasteiger partial charge in [-0.3, -0.25) is 0 Å². The minimum atomic E-state index is 1.05. The zero-order valence-electron chi connectivity index (χ0n) is 10.8. The molecular formula is C14H24N2. The Morgan fingerprint density at radius 3 is 2.62 bits per heavy atom. The molecule has 0 fully saturated rings. The molecule has 0 saturated carbocycles. The van der Waals surface area contributed by atoms with Crippen molar-refractivity contribution in [1.29, 1.82) is 0 Å². The Labute approximate surface area is 99.7 Å². The molecule has 0 unspecified atom stereocenters. The summed E-state index contributed by atoms with van der Waals surface area (Å²) in [4.78, 5) is 2.22. The number of rotatable bonds is 7. The molecule has 1 rings (SSSR count). The number of nitrogens with one attached hydrogen (secondary N) is 1. The summed E-state index contributed by atoms with van der Waals surface area (Å²) in [7, 11) is 4.23. The maximum atomic E-state index is 3.53. The van der Waals surface area contributed by atoms with Gasteiger partial charge in [0, 0.05) is 12.2 Å². The molecule has 0 radical (unpaired) electrons. The van der Waals surface area contributed by atoms with Gasteiger partial charge in [-0.25, -0.2) is 0 Å². The van der Waals surface area contributed by atoms with Gasteiger partial charge in [-0.05, 0) is 45.1 Å². The Morgan fingerprint density at radius 2 is 1.94 bits per heavy atom. The second-order valence-corrected chi connectivity index (χ2v) is 4.49. The van der Waals surface area contributed by atoms with Gasteiger partial charge >= 0.3 is 0 Å². The zero-order chi connectivity index (χ0) is 11.8. The average Bonchev–Trinajstić information content (AvgIpc) is 2.26. The number of nitrogens with zero attached hydrogens (tertiary/aromatic N) is 1. The van der Waals surface area contributed by atoms with Gasteiger partial charge in [0.15, 0.2) is 0 Å². The lowest BCUT2D eigenvalue weighted by Crippen LogP contribution is -2.16. The number of hydrogen-bond acceptors (Lipinski definition) is 2. The standard InChI is InChI=1S/C14H24N2/c1-4-8-13-9-5-6-10-14(13)15-11-7-12-16(2)3/h5-6,9-10,15H,4,7-8,11-12H2,1-3H3. The Kier molecular flexibility index (Phi) is 5.94. The topological polar surface area (TPSA) is 15.3 Å². The van der Waals surface area contributed by atoms with Gasteiger partial charge in [-0.15, -0.1) is 0 Å². The van der Waals surface area contributed by atoms with Gasteiger partial charge in [0.2, 0.25) is 0 Å². The number of anilines is 1. The molecule has 0 heterocycles. The van der Waals surface area contributed by atoms with Crippen LogP contribution in [0.5, 0.6) is 0 Å². The van der Waals surface area contributed by atoms with Crippen molar-refractivity contribution in [2.24, 2.45) is 0 Å². The second kappa shape index (κ2) is 7.29. The molecule has 0 spiro atoms. The summed E-state index contributed by atoms with van der Waals surface area (Å²) in [5, 5.41) is 3.53. The molecule has 0 bridgehead atoms. The number of benzene rings is 1. The molecule has 0 aliphatic carbocycles. The summed E-state index contributed by atoms with van der Waals surface area (Å²) in [6, 6.07) is 8.63. The van der Waals surface area contributed by atoms with Crippen molar-refractivity contribution in [3.63, 3.8) is 0 Å². The predicted octanol–water partition coefficient (Wildman–Crippen LogP) is 3.00. The first-order valence-corrected chi connectivity index (χ1v) is 6.20. The van der Waals surface area contributed by atoms with E-state index in [-0.39, 0.29) is 0 Å². The Balaban J connectivity index is 2.40. The maximum Gasteiger partial charge on any atom is 0.0372 e. The normalized spacial score (nSPS) is 10.8. The summed E-state index contributed by atoms with van der Waals surface area (Å²) < 4.78 is 0. The summed E-state index contributed by atoms with van der Waals surface area (Å²) in [5.41, 5.74) is 2.75. The van der Waals surface area contributed by atoms with Crippen molar-refractivity contribution in [2.75, 3.05) is 32.5 Å².